The van der Waals surface area contributed by atoms with E-state index >= 15 is 0 Å². The van der Waals surface area contributed by atoms with Crippen molar-refractivity contribution in [2.75, 3.05) is 13.2 Å². The third kappa shape index (κ3) is 11.4. The van der Waals surface area contributed by atoms with Gasteiger partial charge in [0, 0.05) is 36.1 Å². The van der Waals surface area contributed by atoms with Crippen LogP contribution in [0.25, 0.3) is 0 Å². The molecule has 0 fully saturated rings. The maximum Gasteiger partial charge on any atom is 0.0553 e. The first-order valence-electron chi connectivity index (χ1n) is 1.22. The summed E-state index contributed by atoms with van der Waals surface area (Å²) in [5.41, 5.74) is 4.78. The molecule has 0 aromatic carbocycles. The summed E-state index contributed by atoms with van der Waals surface area (Å²) in [6.45, 7) is 0.472. The second-order valence-corrected chi connectivity index (χ2v) is 0.512. The van der Waals surface area contributed by atoms with E-state index in [0.717, 1.165) is 0 Å². The van der Waals surface area contributed by atoms with Gasteiger partial charge in [0.1, 0.15) is 0 Å². The van der Waals surface area contributed by atoms with E-state index in [9.17, 15) is 0 Å². The minimum atomic E-state index is 0. The third-order valence-electron chi connectivity index (χ3n) is 0.129. The van der Waals surface area contributed by atoms with Crippen molar-refractivity contribution in [3.05, 3.63) is 0 Å². The molecule has 0 rings (SSSR count). The molecule has 0 aliphatic rings. The Hall–Kier alpha value is 0.920. The molecule has 3 N–H and O–H groups in total. The summed E-state index contributed by atoms with van der Waals surface area (Å²) in [5, 5.41) is 7.75. The second kappa shape index (κ2) is 8.87. The minimum absolute atomic E-state index is 0. The van der Waals surface area contributed by atoms with Gasteiger partial charge in [-0.25, -0.2) is 0 Å². The van der Waals surface area contributed by atoms with Gasteiger partial charge in [-0.3, -0.25) is 0 Å². The van der Waals surface area contributed by atoms with Crippen molar-refractivity contribution < 1.29 is 5.11 Å². The quantitative estimate of drug-likeness (QED) is 0.382. The summed E-state index contributed by atoms with van der Waals surface area (Å²) in [6, 6.07) is 0. The Labute approximate surface area is 53.7 Å². The average molecular weight is 84.1 g/mol. The minimum Gasteiger partial charge on any atom is -0.395 e. The van der Waals surface area contributed by atoms with Crippen LogP contribution >= 0.6 is 0 Å². The Kier molecular flexibility index (Phi) is 16.5. The summed E-state index contributed by atoms with van der Waals surface area (Å²) >= 11 is 0. The first-order chi connectivity index (χ1) is 1.91. The van der Waals surface area contributed by atoms with Crippen molar-refractivity contribution in [1.82, 2.24) is 0 Å². The Balaban J connectivity index is 0. The zero-order valence-corrected chi connectivity index (χ0v) is 5.44. The van der Waals surface area contributed by atoms with E-state index in [1.165, 1.54) is 0 Å². The molecule has 0 aromatic heterocycles. The predicted octanol–water partition coefficient (Wildman–Crippen LogP) is -1.44. The number of hydrogen-bond donors (Lipinski definition) is 2. The van der Waals surface area contributed by atoms with Crippen LogP contribution in [0.1, 0.15) is 0 Å². The number of rotatable bonds is 1. The fourth-order valence-corrected chi connectivity index (χ4v) is 0. The summed E-state index contributed by atoms with van der Waals surface area (Å²) in [4.78, 5) is 0. The van der Waals surface area contributed by atoms with Gasteiger partial charge < -0.3 is 10.8 Å². The molecule has 0 amide bonds. The molecular weight excluding hydrogens is 77.0 g/mol. The van der Waals surface area contributed by atoms with Gasteiger partial charge in [-0.2, -0.15) is 0 Å². The predicted molar refractivity (Wildman–Crippen MR) is 21.9 cm³/mol. The van der Waals surface area contributed by atoms with Gasteiger partial charge in [0.15, 0.2) is 0 Å². The van der Waals surface area contributed by atoms with Crippen LogP contribution in [-0.2, 0) is 0 Å². The molecule has 0 aromatic rings. The molecule has 5 heavy (non-hydrogen) atoms. The molecule has 0 unspecified atom stereocenters. The smallest absolute Gasteiger partial charge is 0.0553 e. The van der Waals surface area contributed by atoms with E-state index < -0.39 is 0 Å². The molecule has 2 nitrogen and oxygen atoms in total. The second-order valence-electron chi connectivity index (χ2n) is 0.512. The standard InChI is InChI=1S/C2H7NO.Na/c3-1-2-4;/h4H,1-3H2;. The van der Waals surface area contributed by atoms with Crippen LogP contribution in [0.15, 0.2) is 0 Å². The molecule has 0 atom stereocenters. The van der Waals surface area contributed by atoms with Crippen LogP contribution in [0.3, 0.4) is 0 Å². The molecule has 0 aliphatic heterocycles. The van der Waals surface area contributed by atoms with E-state index in [-0.39, 0.29) is 36.2 Å². The zero-order chi connectivity index (χ0) is 3.41. The molecule has 0 saturated carbocycles. The molecule has 0 bridgehead atoms. The molecule has 1 radical (unpaired) electrons. The van der Waals surface area contributed by atoms with Gasteiger partial charge in [-0.1, -0.05) is 0 Å². The molecule has 0 aliphatic carbocycles. The van der Waals surface area contributed by atoms with Gasteiger partial charge in [0.05, 0.1) is 6.61 Å². The van der Waals surface area contributed by atoms with E-state index in [1.54, 1.807) is 0 Å². The van der Waals surface area contributed by atoms with Crippen molar-refractivity contribution in [2.45, 2.75) is 0 Å². The molecule has 0 heterocycles. The average Bonchev–Trinajstić information content (AvgIpc) is 1.37. The zero-order valence-electron chi connectivity index (χ0n) is 3.44. The van der Waals surface area contributed by atoms with E-state index in [4.69, 9.17) is 10.8 Å². The van der Waals surface area contributed by atoms with Gasteiger partial charge in [0.2, 0.25) is 0 Å². The van der Waals surface area contributed by atoms with Crippen LogP contribution < -0.4 is 5.73 Å². The van der Waals surface area contributed by atoms with E-state index in [0.29, 0.717) is 6.54 Å². The Morgan fingerprint density at radius 1 is 1.60 bits per heavy atom. The van der Waals surface area contributed by atoms with Crippen LogP contribution in [0, 0.1) is 0 Å². The van der Waals surface area contributed by atoms with Crippen molar-refractivity contribution in [3.8, 4) is 0 Å². The normalized spacial score (nSPS) is 6.00. The van der Waals surface area contributed by atoms with Crippen molar-refractivity contribution in [1.29, 1.82) is 0 Å². The van der Waals surface area contributed by atoms with E-state index in [2.05, 4.69) is 0 Å². The first kappa shape index (κ1) is 9.33. The van der Waals surface area contributed by atoms with Gasteiger partial charge in [0.25, 0.3) is 0 Å². The summed E-state index contributed by atoms with van der Waals surface area (Å²) in [6.07, 6.45) is 0. The molecule has 27 valence electrons. The summed E-state index contributed by atoms with van der Waals surface area (Å²) in [5.74, 6) is 0. The SMILES string of the molecule is NCCO.[Na]. The number of hydrogen-bond acceptors (Lipinski definition) is 2. The summed E-state index contributed by atoms with van der Waals surface area (Å²) < 4.78 is 0. The van der Waals surface area contributed by atoms with Crippen molar-refractivity contribution in [2.24, 2.45) is 5.73 Å². The largest absolute Gasteiger partial charge is 0.395 e. The third-order valence-corrected chi connectivity index (χ3v) is 0.129. The van der Waals surface area contributed by atoms with Crippen LogP contribution in [0.4, 0.5) is 0 Å². The molecular formula is C2H7NNaO. The monoisotopic (exact) mass is 84.0 g/mol. The van der Waals surface area contributed by atoms with Gasteiger partial charge >= 0.3 is 0 Å². The number of aliphatic hydroxyl groups excluding tert-OH is 1. The van der Waals surface area contributed by atoms with Crippen molar-refractivity contribution >= 4 is 29.6 Å². The number of aliphatic hydroxyl groups is 1. The molecule has 0 saturated heterocycles. The fraction of sp³-hybridized carbons (Fsp3) is 1.00. The fourth-order valence-electron chi connectivity index (χ4n) is 0. The van der Waals surface area contributed by atoms with Crippen molar-refractivity contribution in [3.63, 3.8) is 0 Å². The molecule has 0 spiro atoms. The van der Waals surface area contributed by atoms with Gasteiger partial charge in [-0.15, -0.1) is 0 Å². The topological polar surface area (TPSA) is 46.2 Å². The first-order valence-corrected chi connectivity index (χ1v) is 1.22. The Bertz CT molecular complexity index is 11.6. The van der Waals surface area contributed by atoms with Crippen LogP contribution in [0.2, 0.25) is 0 Å². The van der Waals surface area contributed by atoms with Crippen LogP contribution in [-0.4, -0.2) is 47.8 Å². The summed E-state index contributed by atoms with van der Waals surface area (Å²) in [7, 11) is 0. The Morgan fingerprint density at radius 2 is 1.80 bits per heavy atom. The Morgan fingerprint density at radius 3 is 1.80 bits per heavy atom. The van der Waals surface area contributed by atoms with E-state index in [1.807, 2.05) is 0 Å². The maximum absolute atomic E-state index is 7.75. The number of nitrogens with two attached hydrogens (primary N) is 1. The molecule has 3 heteroatoms. The maximum atomic E-state index is 7.75. The van der Waals surface area contributed by atoms with Crippen LogP contribution in [0.5, 0.6) is 0 Å². The van der Waals surface area contributed by atoms with Gasteiger partial charge in [-0.05, 0) is 0 Å².